The summed E-state index contributed by atoms with van der Waals surface area (Å²) in [6.07, 6.45) is 69.3. The molecule has 0 aromatic heterocycles. The fraction of sp³-hybridized carbons (Fsp3) is 0.935. The molecule has 0 rings (SSSR count). The summed E-state index contributed by atoms with van der Waals surface area (Å²) >= 11 is 0. The number of carbonyl (C=O) groups is 2. The van der Waals surface area contributed by atoms with Gasteiger partial charge >= 0.3 is 5.97 Å². The van der Waals surface area contributed by atoms with Gasteiger partial charge in [-0.1, -0.05) is 296 Å². The van der Waals surface area contributed by atoms with Crippen LogP contribution in [0, 0.1) is 0 Å². The molecule has 0 bridgehead atoms. The van der Waals surface area contributed by atoms with Crippen LogP contribution < -0.4 is 5.32 Å². The molecule has 6 heteroatoms. The highest BCUT2D eigenvalue weighted by Crippen LogP contribution is 2.18. The highest BCUT2D eigenvalue weighted by Gasteiger charge is 2.20. The molecule has 0 aromatic carbocycles. The van der Waals surface area contributed by atoms with Crippen molar-refractivity contribution in [2.24, 2.45) is 0 Å². The summed E-state index contributed by atoms with van der Waals surface area (Å²) in [5.74, 6) is -0.0514. The Morgan fingerprint density at radius 2 is 0.691 bits per heavy atom. The molecule has 0 spiro atoms. The van der Waals surface area contributed by atoms with Crippen molar-refractivity contribution in [1.29, 1.82) is 0 Å². The Kier molecular flexibility index (Phi) is 57.0. The minimum atomic E-state index is -0.674. The Labute approximate surface area is 425 Å². The first-order valence-electron chi connectivity index (χ1n) is 30.9. The second-order valence-corrected chi connectivity index (χ2v) is 21.4. The number of carbonyl (C=O) groups excluding carboxylic acids is 2. The minimum absolute atomic E-state index is 0.00436. The molecular weight excluding hydrogens is 839 g/mol. The summed E-state index contributed by atoms with van der Waals surface area (Å²) in [5, 5.41) is 23.3. The smallest absolute Gasteiger partial charge is 0.305 e. The number of aliphatic hydroxyl groups excluding tert-OH is 2. The van der Waals surface area contributed by atoms with E-state index in [9.17, 15) is 19.8 Å². The first-order valence-corrected chi connectivity index (χ1v) is 30.9. The second-order valence-electron chi connectivity index (χ2n) is 21.4. The van der Waals surface area contributed by atoms with E-state index in [2.05, 4.69) is 31.3 Å². The maximum Gasteiger partial charge on any atom is 0.305 e. The summed E-state index contributed by atoms with van der Waals surface area (Å²) in [6.45, 7) is 4.95. The van der Waals surface area contributed by atoms with Crippen molar-refractivity contribution < 1.29 is 24.5 Å². The van der Waals surface area contributed by atoms with Gasteiger partial charge in [0.15, 0.2) is 0 Å². The molecule has 3 N–H and O–H groups in total. The number of hydrogen-bond acceptors (Lipinski definition) is 5. The zero-order valence-corrected chi connectivity index (χ0v) is 46.1. The van der Waals surface area contributed by atoms with Crippen LogP contribution in [0.4, 0.5) is 0 Å². The van der Waals surface area contributed by atoms with Crippen LogP contribution >= 0.6 is 0 Å². The van der Waals surface area contributed by atoms with E-state index in [0.29, 0.717) is 25.9 Å². The summed E-state index contributed by atoms with van der Waals surface area (Å²) in [5.41, 5.74) is 0. The van der Waals surface area contributed by atoms with Crippen LogP contribution in [-0.2, 0) is 14.3 Å². The molecule has 6 nitrogen and oxygen atoms in total. The predicted octanol–water partition coefficient (Wildman–Crippen LogP) is 19.2. The van der Waals surface area contributed by atoms with E-state index >= 15 is 0 Å². The highest BCUT2D eigenvalue weighted by atomic mass is 16.5. The fourth-order valence-corrected chi connectivity index (χ4v) is 9.81. The van der Waals surface area contributed by atoms with E-state index in [1.165, 1.54) is 244 Å². The number of esters is 1. The van der Waals surface area contributed by atoms with Crippen molar-refractivity contribution in [3.8, 4) is 0 Å². The average molecular weight is 961 g/mol. The van der Waals surface area contributed by atoms with Crippen molar-refractivity contribution in [3.63, 3.8) is 0 Å². The van der Waals surface area contributed by atoms with Crippen molar-refractivity contribution in [2.45, 2.75) is 360 Å². The second kappa shape index (κ2) is 58.2. The molecule has 0 aromatic rings. The summed E-state index contributed by atoms with van der Waals surface area (Å²) < 4.78 is 5.48. The molecule has 404 valence electrons. The van der Waals surface area contributed by atoms with Crippen LogP contribution in [0.25, 0.3) is 0 Å². The van der Waals surface area contributed by atoms with Gasteiger partial charge in [-0.15, -0.1) is 0 Å². The topological polar surface area (TPSA) is 95.9 Å². The number of unbranched alkanes of at least 4 members (excludes halogenated alkanes) is 45. The highest BCUT2D eigenvalue weighted by molar-refractivity contribution is 5.76. The van der Waals surface area contributed by atoms with Crippen LogP contribution in [0.15, 0.2) is 12.2 Å². The van der Waals surface area contributed by atoms with E-state index in [-0.39, 0.29) is 18.5 Å². The van der Waals surface area contributed by atoms with Crippen LogP contribution in [0.5, 0.6) is 0 Å². The number of rotatable bonds is 58. The predicted molar refractivity (Wildman–Crippen MR) is 297 cm³/mol. The molecule has 2 atom stereocenters. The Balaban J connectivity index is 3.43. The molecule has 0 fully saturated rings. The van der Waals surface area contributed by atoms with E-state index in [4.69, 9.17) is 4.74 Å². The lowest BCUT2D eigenvalue weighted by molar-refractivity contribution is -0.143. The summed E-state index contributed by atoms with van der Waals surface area (Å²) in [6, 6.07) is -0.552. The zero-order valence-electron chi connectivity index (χ0n) is 46.1. The molecule has 0 saturated heterocycles. The zero-order chi connectivity index (χ0) is 49.3. The van der Waals surface area contributed by atoms with Crippen molar-refractivity contribution >= 4 is 11.9 Å². The van der Waals surface area contributed by atoms with E-state index < -0.39 is 12.1 Å². The lowest BCUT2D eigenvalue weighted by Crippen LogP contribution is -2.45. The first kappa shape index (κ1) is 66.6. The number of nitrogens with one attached hydrogen (secondary N) is 1. The normalized spacial score (nSPS) is 12.6. The van der Waals surface area contributed by atoms with Crippen LogP contribution in [-0.4, -0.2) is 47.4 Å². The van der Waals surface area contributed by atoms with Crippen LogP contribution in [0.3, 0.4) is 0 Å². The number of aliphatic hydroxyl groups is 2. The number of allylic oxidation sites excluding steroid dienone is 2. The largest absolute Gasteiger partial charge is 0.466 e. The van der Waals surface area contributed by atoms with Gasteiger partial charge in [-0.25, -0.2) is 0 Å². The van der Waals surface area contributed by atoms with Gasteiger partial charge in [-0.2, -0.15) is 0 Å². The molecule has 0 heterocycles. The lowest BCUT2D eigenvalue weighted by Gasteiger charge is -2.22. The van der Waals surface area contributed by atoms with Gasteiger partial charge in [-0.3, -0.25) is 9.59 Å². The monoisotopic (exact) mass is 960 g/mol. The molecule has 0 saturated carbocycles. The Morgan fingerprint density at radius 3 is 1.04 bits per heavy atom. The van der Waals surface area contributed by atoms with Gasteiger partial charge in [0.1, 0.15) is 0 Å². The standard InChI is InChI=1S/C62H121NO5/c1-3-5-7-9-11-13-15-17-19-21-22-24-28-32-36-40-44-48-52-56-62(67)68-57-53-49-45-41-37-33-29-25-27-31-35-39-43-47-51-55-61(66)63-59(58-64)60(65)54-50-46-42-38-34-30-26-23-20-18-16-14-12-10-8-6-4-2/h29,33,59-60,64-65H,3-28,30-32,34-58H2,1-2H3,(H,63,66)/b33-29-. The minimum Gasteiger partial charge on any atom is -0.466 e. The lowest BCUT2D eigenvalue weighted by atomic mass is 10.0. The molecule has 0 aliphatic rings. The van der Waals surface area contributed by atoms with Gasteiger partial charge in [0.25, 0.3) is 0 Å². The Morgan fingerprint density at radius 1 is 0.397 bits per heavy atom. The molecule has 0 aliphatic heterocycles. The van der Waals surface area contributed by atoms with Gasteiger partial charge in [0.05, 0.1) is 25.4 Å². The van der Waals surface area contributed by atoms with Crippen molar-refractivity contribution in [3.05, 3.63) is 12.2 Å². The SMILES string of the molecule is CCCCCCCCCCCCCCCCCCCCCC(=O)OCCCCCC/C=C\CCCCCCCCCC(=O)NC(CO)C(O)CCCCCCCCCCCCCCCCCCC. The van der Waals surface area contributed by atoms with Crippen molar-refractivity contribution in [2.75, 3.05) is 13.2 Å². The van der Waals surface area contributed by atoms with Crippen LogP contribution in [0.2, 0.25) is 0 Å². The number of ether oxygens (including phenoxy) is 1. The molecule has 2 unspecified atom stereocenters. The van der Waals surface area contributed by atoms with Gasteiger partial charge in [0.2, 0.25) is 5.91 Å². The van der Waals surface area contributed by atoms with E-state index in [1.54, 1.807) is 0 Å². The first-order chi connectivity index (χ1) is 33.5. The Bertz CT molecular complexity index is 1020. The quantitative estimate of drug-likeness (QED) is 0.0321. The van der Waals surface area contributed by atoms with E-state index in [0.717, 1.165) is 70.6 Å². The van der Waals surface area contributed by atoms with Gasteiger partial charge < -0.3 is 20.3 Å². The molecule has 68 heavy (non-hydrogen) atoms. The van der Waals surface area contributed by atoms with Crippen LogP contribution in [0.1, 0.15) is 348 Å². The third kappa shape index (κ3) is 53.9. The maximum atomic E-state index is 12.5. The Hall–Kier alpha value is -1.40. The average Bonchev–Trinajstić information content (AvgIpc) is 3.34. The van der Waals surface area contributed by atoms with Gasteiger partial charge in [0, 0.05) is 12.8 Å². The summed E-state index contributed by atoms with van der Waals surface area (Å²) in [7, 11) is 0. The number of amides is 1. The van der Waals surface area contributed by atoms with E-state index in [1.807, 2.05) is 0 Å². The summed E-state index contributed by atoms with van der Waals surface area (Å²) in [4.78, 5) is 24.6. The van der Waals surface area contributed by atoms with Crippen molar-refractivity contribution in [1.82, 2.24) is 5.32 Å². The third-order valence-corrected chi connectivity index (χ3v) is 14.6. The number of hydrogen-bond donors (Lipinski definition) is 3. The molecule has 0 aliphatic carbocycles. The maximum absolute atomic E-state index is 12.5. The fourth-order valence-electron chi connectivity index (χ4n) is 9.81. The molecular formula is C62H121NO5. The van der Waals surface area contributed by atoms with Gasteiger partial charge in [-0.05, 0) is 51.4 Å². The molecule has 1 amide bonds. The third-order valence-electron chi connectivity index (χ3n) is 14.6. The molecule has 0 radical (unpaired) electrons.